The molecule has 0 fully saturated rings. The van der Waals surface area contributed by atoms with Crippen LogP contribution >= 0.6 is 23.1 Å². The van der Waals surface area contributed by atoms with E-state index in [1.54, 1.807) is 11.3 Å². The normalized spacial score (nSPS) is 13.2. The molecule has 0 bridgehead atoms. The molecule has 2 N–H and O–H groups in total. The number of carbonyl (C=O) groups is 1. The maximum atomic E-state index is 12.0. The number of aromatic amines is 1. The van der Waals surface area contributed by atoms with Gasteiger partial charge in [0.1, 0.15) is 0 Å². The lowest BCUT2D eigenvalue weighted by atomic mass is 10.1. The zero-order chi connectivity index (χ0) is 14.8. The fourth-order valence-corrected chi connectivity index (χ4v) is 2.89. The first-order valence-electron chi connectivity index (χ1n) is 6.30. The smallest absolute Gasteiger partial charge is 0.233 e. The molecule has 0 aromatic carbocycles. The van der Waals surface area contributed by atoms with E-state index in [4.69, 9.17) is 0 Å². The molecule has 0 unspecified atom stereocenters. The molecule has 0 spiro atoms. The van der Waals surface area contributed by atoms with Gasteiger partial charge in [-0.2, -0.15) is 0 Å². The van der Waals surface area contributed by atoms with E-state index in [0.29, 0.717) is 5.16 Å². The summed E-state index contributed by atoms with van der Waals surface area (Å²) in [6, 6.07) is 3.95. The Morgan fingerprint density at radius 3 is 2.85 bits per heavy atom. The predicted octanol–water partition coefficient (Wildman–Crippen LogP) is 2.93. The Morgan fingerprint density at radius 1 is 1.50 bits per heavy atom. The molecule has 5 nitrogen and oxygen atoms in total. The Labute approximate surface area is 126 Å². The van der Waals surface area contributed by atoms with Gasteiger partial charge in [0.15, 0.2) is 5.82 Å². The van der Waals surface area contributed by atoms with E-state index >= 15 is 0 Å². The highest BCUT2D eigenvalue weighted by Crippen LogP contribution is 2.25. The minimum absolute atomic E-state index is 0.00928. The van der Waals surface area contributed by atoms with Crippen LogP contribution in [0.25, 0.3) is 10.7 Å². The third-order valence-electron chi connectivity index (χ3n) is 2.37. The number of H-pyrrole nitrogens is 1. The van der Waals surface area contributed by atoms with Crippen LogP contribution in [0.3, 0.4) is 0 Å². The first-order chi connectivity index (χ1) is 9.35. The third-order valence-corrected chi connectivity index (χ3v) is 4.21. The second kappa shape index (κ2) is 5.97. The molecule has 0 saturated carbocycles. The molecule has 2 heterocycles. The minimum atomic E-state index is -0.235. The average molecular weight is 310 g/mol. The van der Waals surface area contributed by atoms with Crippen molar-refractivity contribution in [1.29, 1.82) is 0 Å². The third kappa shape index (κ3) is 4.08. The molecule has 1 atom stereocenters. The average Bonchev–Trinajstić information content (AvgIpc) is 2.95. The molecule has 0 saturated heterocycles. The fourth-order valence-electron chi connectivity index (χ4n) is 1.51. The lowest BCUT2D eigenvalue weighted by Crippen LogP contribution is -2.44. The number of carbonyl (C=O) groups excluding carboxylic acids is 1. The molecule has 1 amide bonds. The van der Waals surface area contributed by atoms with E-state index in [-0.39, 0.29) is 16.7 Å². The van der Waals surface area contributed by atoms with E-state index in [9.17, 15) is 4.79 Å². The fraction of sp³-hybridized carbons (Fsp3) is 0.462. The van der Waals surface area contributed by atoms with E-state index in [0.717, 1.165) is 10.7 Å². The molecular formula is C13H18N4OS2. The number of rotatable bonds is 4. The highest BCUT2D eigenvalue weighted by atomic mass is 32.2. The molecule has 2 aromatic heterocycles. The molecular weight excluding hydrogens is 292 g/mol. The maximum absolute atomic E-state index is 12.0. The van der Waals surface area contributed by atoms with Crippen molar-refractivity contribution >= 4 is 29.0 Å². The van der Waals surface area contributed by atoms with Gasteiger partial charge >= 0.3 is 0 Å². The monoisotopic (exact) mass is 310 g/mol. The van der Waals surface area contributed by atoms with Crippen LogP contribution in [0.15, 0.2) is 22.7 Å². The van der Waals surface area contributed by atoms with Crippen molar-refractivity contribution < 1.29 is 4.79 Å². The Morgan fingerprint density at radius 2 is 2.25 bits per heavy atom. The molecule has 7 heteroatoms. The molecule has 20 heavy (non-hydrogen) atoms. The van der Waals surface area contributed by atoms with Gasteiger partial charge in [0.2, 0.25) is 11.1 Å². The van der Waals surface area contributed by atoms with Gasteiger partial charge < -0.3 is 5.32 Å². The number of thioether (sulfide) groups is 1. The van der Waals surface area contributed by atoms with Crippen LogP contribution in [0.1, 0.15) is 27.7 Å². The van der Waals surface area contributed by atoms with Crippen molar-refractivity contribution in [3.8, 4) is 10.7 Å². The van der Waals surface area contributed by atoms with Crippen LogP contribution in [-0.4, -0.2) is 31.9 Å². The van der Waals surface area contributed by atoms with Crippen LogP contribution in [0.4, 0.5) is 0 Å². The maximum Gasteiger partial charge on any atom is 0.233 e. The predicted molar refractivity (Wildman–Crippen MR) is 82.9 cm³/mol. The molecule has 0 aliphatic carbocycles. The van der Waals surface area contributed by atoms with Gasteiger partial charge in [0.25, 0.3) is 0 Å². The Kier molecular flexibility index (Phi) is 4.49. The van der Waals surface area contributed by atoms with Crippen LogP contribution in [-0.2, 0) is 4.79 Å². The summed E-state index contributed by atoms with van der Waals surface area (Å²) in [7, 11) is 0. The summed E-state index contributed by atoms with van der Waals surface area (Å²) in [6.45, 7) is 7.74. The first-order valence-corrected chi connectivity index (χ1v) is 8.06. The van der Waals surface area contributed by atoms with E-state index < -0.39 is 0 Å². The number of hydrogen-bond acceptors (Lipinski definition) is 5. The largest absolute Gasteiger partial charge is 0.351 e. The molecule has 0 aliphatic heterocycles. The van der Waals surface area contributed by atoms with E-state index in [2.05, 4.69) is 20.5 Å². The highest BCUT2D eigenvalue weighted by Gasteiger charge is 2.21. The number of thiophene rings is 1. The summed E-state index contributed by atoms with van der Waals surface area (Å²) in [5.74, 6) is 0.732. The molecule has 2 aromatic rings. The van der Waals surface area contributed by atoms with Crippen molar-refractivity contribution in [2.24, 2.45) is 0 Å². The lowest BCUT2D eigenvalue weighted by Gasteiger charge is -2.22. The second-order valence-corrected chi connectivity index (χ2v) is 7.70. The van der Waals surface area contributed by atoms with Gasteiger partial charge in [-0.1, -0.05) is 17.8 Å². The van der Waals surface area contributed by atoms with Crippen LogP contribution in [0.2, 0.25) is 0 Å². The molecule has 0 radical (unpaired) electrons. The number of nitrogens with one attached hydrogen (secondary N) is 2. The van der Waals surface area contributed by atoms with E-state index in [1.807, 2.05) is 45.2 Å². The molecule has 108 valence electrons. The van der Waals surface area contributed by atoms with Gasteiger partial charge in [-0.15, -0.1) is 16.4 Å². The molecule has 2 rings (SSSR count). The van der Waals surface area contributed by atoms with Crippen LogP contribution in [0, 0.1) is 0 Å². The van der Waals surface area contributed by atoms with Gasteiger partial charge in [-0.25, -0.2) is 4.98 Å². The highest BCUT2D eigenvalue weighted by molar-refractivity contribution is 8.00. The quantitative estimate of drug-likeness (QED) is 0.852. The summed E-state index contributed by atoms with van der Waals surface area (Å²) < 4.78 is 0. The van der Waals surface area contributed by atoms with Crippen molar-refractivity contribution in [2.45, 2.75) is 43.6 Å². The molecule has 0 aliphatic rings. The van der Waals surface area contributed by atoms with Gasteiger partial charge in [-0.3, -0.25) is 9.89 Å². The zero-order valence-corrected chi connectivity index (χ0v) is 13.6. The summed E-state index contributed by atoms with van der Waals surface area (Å²) in [6.07, 6.45) is 0. The Hall–Kier alpha value is -1.34. The number of aromatic nitrogens is 3. The first kappa shape index (κ1) is 15.1. The lowest BCUT2D eigenvalue weighted by molar-refractivity contribution is -0.121. The second-order valence-electron chi connectivity index (χ2n) is 5.44. The summed E-state index contributed by atoms with van der Waals surface area (Å²) >= 11 is 2.95. The van der Waals surface area contributed by atoms with Gasteiger partial charge in [0, 0.05) is 5.54 Å². The Balaban J connectivity index is 1.98. The van der Waals surface area contributed by atoms with Crippen molar-refractivity contribution in [2.75, 3.05) is 0 Å². The van der Waals surface area contributed by atoms with Crippen molar-refractivity contribution in [1.82, 2.24) is 20.5 Å². The number of amides is 1. The van der Waals surface area contributed by atoms with Crippen LogP contribution in [0.5, 0.6) is 0 Å². The summed E-state index contributed by atoms with van der Waals surface area (Å²) in [4.78, 5) is 17.4. The topological polar surface area (TPSA) is 70.7 Å². The Bertz CT molecular complexity index is 571. The zero-order valence-electron chi connectivity index (χ0n) is 11.9. The standard InChI is InChI=1S/C13H18N4OS2/c1-8(11(18)15-13(2,3)4)20-12-14-10(16-17-12)9-6-5-7-19-9/h5-8H,1-4H3,(H,15,18)(H,14,16,17)/t8-/m1/s1. The summed E-state index contributed by atoms with van der Waals surface area (Å²) in [5.41, 5.74) is -0.229. The van der Waals surface area contributed by atoms with E-state index in [1.165, 1.54) is 11.8 Å². The van der Waals surface area contributed by atoms with Gasteiger partial charge in [-0.05, 0) is 39.1 Å². The van der Waals surface area contributed by atoms with Crippen molar-refractivity contribution in [3.05, 3.63) is 17.5 Å². The van der Waals surface area contributed by atoms with Gasteiger partial charge in [0.05, 0.1) is 10.1 Å². The number of hydrogen-bond donors (Lipinski definition) is 2. The SMILES string of the molecule is C[C@@H](Sc1n[nH]c(-c2cccs2)n1)C(=O)NC(C)(C)C. The minimum Gasteiger partial charge on any atom is -0.351 e. The van der Waals surface area contributed by atoms with Crippen LogP contribution < -0.4 is 5.32 Å². The summed E-state index contributed by atoms with van der Waals surface area (Å²) in [5, 5.41) is 12.3. The number of nitrogens with zero attached hydrogens (tertiary/aromatic N) is 2. The van der Waals surface area contributed by atoms with Crippen molar-refractivity contribution in [3.63, 3.8) is 0 Å².